The van der Waals surface area contributed by atoms with Crippen LogP contribution in [0.2, 0.25) is 0 Å². The number of carbonyl (C=O) groups excluding carboxylic acids is 1. The molecule has 98 valence electrons. The van der Waals surface area contributed by atoms with E-state index >= 15 is 0 Å². The van der Waals surface area contributed by atoms with Gasteiger partial charge in [-0.15, -0.1) is 0 Å². The second kappa shape index (κ2) is 5.87. The monoisotopic (exact) mass is 249 g/mol. The van der Waals surface area contributed by atoms with E-state index in [1.807, 2.05) is 24.3 Å². The summed E-state index contributed by atoms with van der Waals surface area (Å²) in [6, 6.07) is 7.65. The summed E-state index contributed by atoms with van der Waals surface area (Å²) in [5.74, 6) is 0.554. The zero-order valence-corrected chi connectivity index (χ0v) is 10.9. The number of hydrogen-bond donors (Lipinski definition) is 0. The number of ether oxygens (including phenoxy) is 2. The predicted octanol–water partition coefficient (Wildman–Crippen LogP) is 1.48. The molecule has 0 amide bonds. The molecule has 18 heavy (non-hydrogen) atoms. The van der Waals surface area contributed by atoms with E-state index in [0.29, 0.717) is 0 Å². The molecule has 0 aliphatic carbocycles. The van der Waals surface area contributed by atoms with E-state index in [-0.39, 0.29) is 18.5 Å². The lowest BCUT2D eigenvalue weighted by Crippen LogP contribution is -2.22. The van der Waals surface area contributed by atoms with Crippen LogP contribution in [0.3, 0.4) is 0 Å². The van der Waals surface area contributed by atoms with Crippen LogP contribution in [0.25, 0.3) is 0 Å². The number of rotatable bonds is 4. The van der Waals surface area contributed by atoms with Crippen LogP contribution in [0.15, 0.2) is 24.3 Å². The van der Waals surface area contributed by atoms with E-state index in [2.05, 4.69) is 11.9 Å². The topological polar surface area (TPSA) is 38.8 Å². The first-order valence-corrected chi connectivity index (χ1v) is 6.19. The summed E-state index contributed by atoms with van der Waals surface area (Å²) in [4.78, 5) is 13.6. The highest BCUT2D eigenvalue weighted by atomic mass is 16.5. The summed E-state index contributed by atoms with van der Waals surface area (Å²) in [6.07, 6.45) is 1.51. The normalized spacial score (nSPS) is 19.8. The van der Waals surface area contributed by atoms with Crippen molar-refractivity contribution >= 4 is 5.97 Å². The largest absolute Gasteiger partial charge is 0.489 e. The Labute approximate surface area is 107 Å². The maximum Gasteiger partial charge on any atom is 0.310 e. The molecule has 1 fully saturated rings. The second-order valence-corrected chi connectivity index (χ2v) is 4.65. The lowest BCUT2D eigenvalue weighted by atomic mass is 10.1. The average molecular weight is 249 g/mol. The van der Waals surface area contributed by atoms with Crippen molar-refractivity contribution in [2.75, 3.05) is 27.2 Å². The van der Waals surface area contributed by atoms with Crippen molar-refractivity contribution < 1.29 is 14.3 Å². The van der Waals surface area contributed by atoms with E-state index in [0.717, 1.165) is 30.8 Å². The summed E-state index contributed by atoms with van der Waals surface area (Å²) in [6.45, 7) is 2.00. The van der Waals surface area contributed by atoms with Crippen LogP contribution in [-0.4, -0.2) is 44.2 Å². The Hall–Kier alpha value is -1.55. The third-order valence-electron chi connectivity index (χ3n) is 3.18. The Morgan fingerprint density at radius 1 is 1.44 bits per heavy atom. The SMILES string of the molecule is COC(=O)Cc1ccccc1OC1CCN(C)C1. The van der Waals surface area contributed by atoms with Gasteiger partial charge in [0.15, 0.2) is 0 Å². The summed E-state index contributed by atoms with van der Waals surface area (Å²) in [5, 5.41) is 0. The van der Waals surface area contributed by atoms with Crippen molar-refractivity contribution in [3.63, 3.8) is 0 Å². The molecule has 0 radical (unpaired) electrons. The molecule has 1 saturated heterocycles. The van der Waals surface area contributed by atoms with E-state index in [1.54, 1.807) is 0 Å². The number of nitrogens with zero attached hydrogens (tertiary/aromatic N) is 1. The van der Waals surface area contributed by atoms with Gasteiger partial charge in [0, 0.05) is 18.7 Å². The van der Waals surface area contributed by atoms with Crippen molar-refractivity contribution in [1.82, 2.24) is 4.90 Å². The number of benzene rings is 1. The van der Waals surface area contributed by atoms with Crippen molar-refractivity contribution in [3.05, 3.63) is 29.8 Å². The highest BCUT2D eigenvalue weighted by Crippen LogP contribution is 2.23. The van der Waals surface area contributed by atoms with Gasteiger partial charge >= 0.3 is 5.97 Å². The highest BCUT2D eigenvalue weighted by molar-refractivity contribution is 5.73. The minimum atomic E-state index is -0.241. The van der Waals surface area contributed by atoms with Gasteiger partial charge in [0.2, 0.25) is 0 Å². The van der Waals surface area contributed by atoms with Gasteiger partial charge in [-0.25, -0.2) is 0 Å². The lowest BCUT2D eigenvalue weighted by Gasteiger charge is -2.16. The molecule has 1 unspecified atom stereocenters. The molecule has 1 atom stereocenters. The van der Waals surface area contributed by atoms with Gasteiger partial charge in [0.05, 0.1) is 13.5 Å². The van der Waals surface area contributed by atoms with E-state index in [4.69, 9.17) is 9.47 Å². The maximum atomic E-state index is 11.3. The Bertz CT molecular complexity index is 419. The molecule has 0 aromatic heterocycles. The van der Waals surface area contributed by atoms with Gasteiger partial charge in [-0.05, 0) is 19.5 Å². The minimum absolute atomic E-state index is 0.216. The molecule has 4 heteroatoms. The fraction of sp³-hybridized carbons (Fsp3) is 0.500. The molecule has 0 saturated carbocycles. The quantitative estimate of drug-likeness (QED) is 0.758. The zero-order valence-electron chi connectivity index (χ0n) is 10.9. The number of para-hydroxylation sites is 1. The van der Waals surface area contributed by atoms with Crippen LogP contribution in [-0.2, 0) is 16.0 Å². The molecular weight excluding hydrogens is 230 g/mol. The van der Waals surface area contributed by atoms with Crippen LogP contribution >= 0.6 is 0 Å². The van der Waals surface area contributed by atoms with Crippen LogP contribution in [0.1, 0.15) is 12.0 Å². The van der Waals surface area contributed by atoms with Crippen LogP contribution in [0.5, 0.6) is 5.75 Å². The number of carbonyl (C=O) groups is 1. The molecule has 0 N–H and O–H groups in total. The van der Waals surface area contributed by atoms with Crippen molar-refractivity contribution in [3.8, 4) is 5.75 Å². The smallest absolute Gasteiger partial charge is 0.310 e. The first kappa shape index (κ1) is 12.9. The fourth-order valence-electron chi connectivity index (χ4n) is 2.16. The standard InChI is InChI=1S/C14H19NO3/c1-15-8-7-12(10-15)18-13-6-4-3-5-11(13)9-14(16)17-2/h3-6,12H,7-10H2,1-2H3. The van der Waals surface area contributed by atoms with Gasteiger partial charge in [0.1, 0.15) is 11.9 Å². The van der Waals surface area contributed by atoms with Crippen LogP contribution < -0.4 is 4.74 Å². The molecule has 0 bridgehead atoms. The first-order chi connectivity index (χ1) is 8.69. The summed E-state index contributed by atoms with van der Waals surface area (Å²) < 4.78 is 10.7. The zero-order chi connectivity index (χ0) is 13.0. The molecule has 1 aromatic rings. The van der Waals surface area contributed by atoms with Crippen LogP contribution in [0.4, 0.5) is 0 Å². The molecule has 1 aliphatic heterocycles. The van der Waals surface area contributed by atoms with Gasteiger partial charge in [-0.2, -0.15) is 0 Å². The Kier molecular flexibility index (Phi) is 4.20. The third kappa shape index (κ3) is 3.23. The first-order valence-electron chi connectivity index (χ1n) is 6.19. The molecule has 1 aromatic carbocycles. The summed E-state index contributed by atoms with van der Waals surface area (Å²) in [7, 11) is 3.49. The number of hydrogen-bond acceptors (Lipinski definition) is 4. The predicted molar refractivity (Wildman–Crippen MR) is 68.7 cm³/mol. The summed E-state index contributed by atoms with van der Waals surface area (Å²) >= 11 is 0. The second-order valence-electron chi connectivity index (χ2n) is 4.65. The molecule has 0 spiro atoms. The highest BCUT2D eigenvalue weighted by Gasteiger charge is 2.22. The maximum absolute atomic E-state index is 11.3. The number of likely N-dealkylation sites (N-methyl/N-ethyl adjacent to an activating group) is 1. The number of methoxy groups -OCH3 is 1. The van der Waals surface area contributed by atoms with E-state index < -0.39 is 0 Å². The van der Waals surface area contributed by atoms with Crippen molar-refractivity contribution in [2.45, 2.75) is 18.9 Å². The van der Waals surface area contributed by atoms with Crippen molar-refractivity contribution in [2.24, 2.45) is 0 Å². The summed E-state index contributed by atoms with van der Waals surface area (Å²) in [5.41, 5.74) is 0.888. The molecule has 4 nitrogen and oxygen atoms in total. The van der Waals surface area contributed by atoms with Gasteiger partial charge < -0.3 is 14.4 Å². The minimum Gasteiger partial charge on any atom is -0.489 e. The van der Waals surface area contributed by atoms with E-state index in [9.17, 15) is 4.79 Å². The Morgan fingerprint density at radius 2 is 2.22 bits per heavy atom. The van der Waals surface area contributed by atoms with Crippen LogP contribution in [0, 0.1) is 0 Å². The lowest BCUT2D eigenvalue weighted by molar-refractivity contribution is -0.139. The molecular formula is C14H19NO3. The van der Waals surface area contributed by atoms with Gasteiger partial charge in [-0.1, -0.05) is 18.2 Å². The van der Waals surface area contributed by atoms with Crippen molar-refractivity contribution in [1.29, 1.82) is 0 Å². The number of likely N-dealkylation sites (tertiary alicyclic amines) is 1. The molecule has 2 rings (SSSR count). The van der Waals surface area contributed by atoms with E-state index in [1.165, 1.54) is 7.11 Å². The third-order valence-corrected chi connectivity index (χ3v) is 3.18. The fourth-order valence-corrected chi connectivity index (χ4v) is 2.16. The Balaban J connectivity index is 2.05. The average Bonchev–Trinajstić information content (AvgIpc) is 2.77. The molecule has 1 aliphatic rings. The molecule has 1 heterocycles. The van der Waals surface area contributed by atoms with Gasteiger partial charge in [0.25, 0.3) is 0 Å². The Morgan fingerprint density at radius 3 is 2.89 bits per heavy atom. The number of esters is 1. The van der Waals surface area contributed by atoms with Gasteiger partial charge in [-0.3, -0.25) is 4.79 Å².